The van der Waals surface area contributed by atoms with Gasteiger partial charge in [0.2, 0.25) is 5.91 Å². The molecule has 0 radical (unpaired) electrons. The summed E-state index contributed by atoms with van der Waals surface area (Å²) in [5.74, 6) is -1.73. The number of nitrogens with two attached hydrogens (primary N) is 1. The average Bonchev–Trinajstić information content (AvgIpc) is 3.22. The molecule has 0 fully saturated rings. The fourth-order valence-corrected chi connectivity index (χ4v) is 4.53. The molecule has 30 heavy (non-hydrogen) atoms. The lowest BCUT2D eigenvalue weighted by Crippen LogP contribution is -2.27. The zero-order chi connectivity index (χ0) is 22.0. The number of aromatic nitrogens is 3. The van der Waals surface area contributed by atoms with Crippen LogP contribution in [0.5, 0.6) is 0 Å². The molecule has 0 saturated carbocycles. The number of carbonyl (C=O) groups excluding carboxylic acids is 3. The van der Waals surface area contributed by atoms with Crippen molar-refractivity contribution >= 4 is 55.8 Å². The molecule has 0 saturated heterocycles. The van der Waals surface area contributed by atoms with Gasteiger partial charge in [0.25, 0.3) is 11.5 Å². The third-order valence-electron chi connectivity index (χ3n) is 4.02. The minimum absolute atomic E-state index is 0.0652. The van der Waals surface area contributed by atoms with Crippen LogP contribution in [-0.2, 0) is 16.1 Å². The average molecular weight is 447 g/mol. The van der Waals surface area contributed by atoms with Crippen LogP contribution in [0.4, 0.5) is 5.13 Å². The summed E-state index contributed by atoms with van der Waals surface area (Å²) < 4.78 is 6.10. The number of rotatable bonds is 7. The van der Waals surface area contributed by atoms with E-state index in [0.29, 0.717) is 16.1 Å². The van der Waals surface area contributed by atoms with Crippen molar-refractivity contribution in [2.24, 2.45) is 5.73 Å². The highest BCUT2D eigenvalue weighted by atomic mass is 32.1. The van der Waals surface area contributed by atoms with Gasteiger partial charge in [-0.05, 0) is 19.4 Å². The van der Waals surface area contributed by atoms with Crippen LogP contribution in [0, 0.1) is 13.8 Å². The Morgan fingerprint density at radius 1 is 1.30 bits per heavy atom. The van der Waals surface area contributed by atoms with Gasteiger partial charge >= 0.3 is 5.97 Å². The summed E-state index contributed by atoms with van der Waals surface area (Å²) in [4.78, 5) is 57.8. The SMILES string of the molecule is C=CCOC(=O)c1sc(NC(=O)Cn2cnc3sc(C(N)=O)c(C)c3c2=O)nc1C. The first-order valence-corrected chi connectivity index (χ1v) is 10.2. The lowest BCUT2D eigenvalue weighted by atomic mass is 10.2. The molecule has 0 aliphatic carbocycles. The highest BCUT2D eigenvalue weighted by Crippen LogP contribution is 2.26. The highest BCUT2D eigenvalue weighted by Gasteiger charge is 2.20. The number of primary amides is 1. The standard InChI is InChI=1S/C18H17N5O5S2/c1-4-5-28-17(27)13-9(3)21-18(30-13)22-10(24)6-23-7-20-15-11(16(23)26)8(2)12(29-15)14(19)25/h4,7H,1,5-6H2,2-3H3,(H2,19,25)(H,21,22,24). The number of thiophene rings is 1. The summed E-state index contributed by atoms with van der Waals surface area (Å²) in [6.07, 6.45) is 2.68. The third-order valence-corrected chi connectivity index (χ3v) is 6.28. The Kier molecular flexibility index (Phi) is 6.08. The molecule has 0 atom stereocenters. The summed E-state index contributed by atoms with van der Waals surface area (Å²) in [5.41, 5.74) is 5.72. The number of hydrogen-bond acceptors (Lipinski definition) is 9. The number of fused-ring (bicyclic) bond motifs is 1. The highest BCUT2D eigenvalue weighted by molar-refractivity contribution is 7.20. The van der Waals surface area contributed by atoms with Crippen molar-refractivity contribution in [2.75, 3.05) is 11.9 Å². The lowest BCUT2D eigenvalue weighted by molar-refractivity contribution is -0.116. The Morgan fingerprint density at radius 2 is 2.03 bits per heavy atom. The Hall–Kier alpha value is -3.38. The van der Waals surface area contributed by atoms with E-state index in [0.717, 1.165) is 27.2 Å². The van der Waals surface area contributed by atoms with Crippen molar-refractivity contribution < 1.29 is 19.1 Å². The van der Waals surface area contributed by atoms with E-state index in [-0.39, 0.29) is 33.4 Å². The van der Waals surface area contributed by atoms with E-state index < -0.39 is 23.3 Å². The number of aryl methyl sites for hydroxylation is 2. The predicted molar refractivity (Wildman–Crippen MR) is 113 cm³/mol. The van der Waals surface area contributed by atoms with Crippen LogP contribution in [0.3, 0.4) is 0 Å². The number of carbonyl (C=O) groups is 3. The first-order chi connectivity index (χ1) is 14.2. The molecule has 12 heteroatoms. The third kappa shape index (κ3) is 4.14. The van der Waals surface area contributed by atoms with Gasteiger partial charge in [-0.25, -0.2) is 14.8 Å². The van der Waals surface area contributed by atoms with Crippen molar-refractivity contribution in [1.29, 1.82) is 0 Å². The van der Waals surface area contributed by atoms with Crippen LogP contribution < -0.4 is 16.6 Å². The number of anilines is 1. The van der Waals surface area contributed by atoms with Gasteiger partial charge in [0.05, 0.1) is 22.3 Å². The number of nitrogens with one attached hydrogen (secondary N) is 1. The van der Waals surface area contributed by atoms with Gasteiger partial charge in [-0.15, -0.1) is 11.3 Å². The predicted octanol–water partition coefficient (Wildman–Crippen LogP) is 1.61. The molecule has 0 unspecified atom stereocenters. The van der Waals surface area contributed by atoms with Crippen molar-refractivity contribution in [3.05, 3.63) is 50.3 Å². The van der Waals surface area contributed by atoms with E-state index in [4.69, 9.17) is 10.5 Å². The summed E-state index contributed by atoms with van der Waals surface area (Å²) in [5, 5.41) is 3.01. The van der Waals surface area contributed by atoms with Gasteiger partial charge < -0.3 is 15.8 Å². The Balaban J connectivity index is 1.79. The molecule has 3 N–H and O–H groups in total. The van der Waals surface area contributed by atoms with E-state index in [1.165, 1.54) is 12.4 Å². The smallest absolute Gasteiger partial charge is 0.350 e. The van der Waals surface area contributed by atoms with Gasteiger partial charge in [-0.3, -0.25) is 19.0 Å². The maximum atomic E-state index is 12.7. The topological polar surface area (TPSA) is 146 Å². The van der Waals surface area contributed by atoms with Crippen molar-refractivity contribution in [2.45, 2.75) is 20.4 Å². The minimum Gasteiger partial charge on any atom is -0.457 e. The van der Waals surface area contributed by atoms with Gasteiger partial charge in [0, 0.05) is 0 Å². The molecule has 10 nitrogen and oxygen atoms in total. The second kappa shape index (κ2) is 8.55. The number of esters is 1. The van der Waals surface area contributed by atoms with Crippen LogP contribution >= 0.6 is 22.7 Å². The molecule has 0 aromatic carbocycles. The normalized spacial score (nSPS) is 10.7. The molecular formula is C18H17N5O5S2. The molecule has 3 aromatic rings. The zero-order valence-corrected chi connectivity index (χ0v) is 17.7. The number of amides is 2. The van der Waals surface area contributed by atoms with E-state index in [2.05, 4.69) is 21.9 Å². The Labute approximate surface area is 178 Å². The van der Waals surface area contributed by atoms with Crippen LogP contribution in [0.15, 0.2) is 23.8 Å². The summed E-state index contributed by atoms with van der Waals surface area (Å²) in [6.45, 7) is 6.45. The molecule has 0 spiro atoms. The van der Waals surface area contributed by atoms with Gasteiger partial charge in [-0.2, -0.15) is 0 Å². The molecular weight excluding hydrogens is 430 g/mol. The van der Waals surface area contributed by atoms with E-state index >= 15 is 0 Å². The second-order valence-electron chi connectivity index (χ2n) is 6.15. The van der Waals surface area contributed by atoms with Gasteiger partial charge in [-0.1, -0.05) is 24.0 Å². The van der Waals surface area contributed by atoms with Gasteiger partial charge in [0.1, 0.15) is 22.9 Å². The minimum atomic E-state index is -0.638. The lowest BCUT2D eigenvalue weighted by Gasteiger charge is -2.05. The maximum absolute atomic E-state index is 12.7. The molecule has 0 bridgehead atoms. The van der Waals surface area contributed by atoms with Crippen molar-refractivity contribution in [1.82, 2.24) is 14.5 Å². The number of ether oxygens (including phenoxy) is 1. The van der Waals surface area contributed by atoms with Crippen molar-refractivity contribution in [3.63, 3.8) is 0 Å². The fraction of sp³-hybridized carbons (Fsp3) is 0.222. The molecule has 156 valence electrons. The van der Waals surface area contributed by atoms with Crippen LogP contribution in [-0.4, -0.2) is 38.9 Å². The van der Waals surface area contributed by atoms with Crippen LogP contribution in [0.2, 0.25) is 0 Å². The van der Waals surface area contributed by atoms with E-state index in [1.54, 1.807) is 13.8 Å². The largest absolute Gasteiger partial charge is 0.457 e. The molecule has 0 aliphatic heterocycles. The van der Waals surface area contributed by atoms with E-state index in [9.17, 15) is 19.2 Å². The molecule has 0 aliphatic rings. The number of hydrogen-bond donors (Lipinski definition) is 2. The molecule has 2 amide bonds. The maximum Gasteiger partial charge on any atom is 0.350 e. The van der Waals surface area contributed by atoms with Crippen LogP contribution in [0.1, 0.15) is 30.6 Å². The Bertz CT molecular complexity index is 1240. The van der Waals surface area contributed by atoms with Crippen LogP contribution in [0.25, 0.3) is 10.2 Å². The van der Waals surface area contributed by atoms with Crippen molar-refractivity contribution in [3.8, 4) is 0 Å². The first-order valence-electron chi connectivity index (χ1n) is 8.56. The Morgan fingerprint density at radius 3 is 2.70 bits per heavy atom. The fourth-order valence-electron chi connectivity index (χ4n) is 2.66. The monoisotopic (exact) mass is 447 g/mol. The summed E-state index contributed by atoms with van der Waals surface area (Å²) >= 11 is 2.00. The van der Waals surface area contributed by atoms with Gasteiger partial charge in [0.15, 0.2) is 5.13 Å². The molecule has 3 heterocycles. The first kappa shape index (κ1) is 21.3. The zero-order valence-electron chi connectivity index (χ0n) is 16.1. The van der Waals surface area contributed by atoms with E-state index in [1.807, 2.05) is 0 Å². The second-order valence-corrected chi connectivity index (χ2v) is 8.15. The summed E-state index contributed by atoms with van der Waals surface area (Å²) in [6, 6.07) is 0. The quantitative estimate of drug-likeness (QED) is 0.413. The number of nitrogens with zero attached hydrogens (tertiary/aromatic N) is 3. The summed E-state index contributed by atoms with van der Waals surface area (Å²) in [7, 11) is 0. The molecule has 3 rings (SSSR count). The molecule has 3 aromatic heterocycles. The number of thiazole rings is 1.